The van der Waals surface area contributed by atoms with Gasteiger partial charge in [0.1, 0.15) is 18.0 Å². The minimum Gasteiger partial charge on any atom is -0.445 e. The van der Waals surface area contributed by atoms with Crippen LogP contribution < -0.4 is 5.32 Å². The molecule has 1 heterocycles. The molecule has 1 unspecified atom stereocenters. The Morgan fingerprint density at radius 3 is 2.23 bits per heavy atom. The fourth-order valence-corrected chi connectivity index (χ4v) is 3.00. The van der Waals surface area contributed by atoms with Crippen molar-refractivity contribution in [3.8, 4) is 0 Å². The zero-order chi connectivity index (χ0) is 22.3. The lowest BCUT2D eigenvalue weighted by atomic mass is 10.1. The van der Waals surface area contributed by atoms with Gasteiger partial charge in [-0.15, -0.1) is 0 Å². The number of aromatic nitrogens is 2. The van der Waals surface area contributed by atoms with Gasteiger partial charge in [0.15, 0.2) is 0 Å². The molecule has 31 heavy (non-hydrogen) atoms. The molecule has 0 fully saturated rings. The second kappa shape index (κ2) is 9.93. The summed E-state index contributed by atoms with van der Waals surface area (Å²) in [5, 5.41) is 2.84. The largest absolute Gasteiger partial charge is 0.445 e. The molecule has 7 nitrogen and oxygen atoms in total. The number of alkyl carbamates (subject to hydrolysis) is 1. The van der Waals surface area contributed by atoms with Crippen molar-refractivity contribution < 1.29 is 19.1 Å². The van der Waals surface area contributed by atoms with E-state index in [2.05, 4.69) is 10.3 Å². The van der Waals surface area contributed by atoms with Gasteiger partial charge in [0.05, 0.1) is 6.04 Å². The Balaban J connectivity index is 1.78. The zero-order valence-electron chi connectivity index (χ0n) is 17.9. The first-order valence-corrected chi connectivity index (χ1v) is 10.1. The number of carbonyl (C=O) groups is 2. The Hall–Kier alpha value is -3.61. The second-order valence-corrected chi connectivity index (χ2v) is 8.08. The summed E-state index contributed by atoms with van der Waals surface area (Å²) in [6.07, 6.45) is 2.31. The van der Waals surface area contributed by atoms with E-state index in [0.29, 0.717) is 12.2 Å². The van der Waals surface area contributed by atoms with Crippen molar-refractivity contribution in [2.75, 3.05) is 0 Å². The Morgan fingerprint density at radius 2 is 1.61 bits per heavy atom. The number of hydrogen-bond donors (Lipinski definition) is 1. The van der Waals surface area contributed by atoms with Crippen LogP contribution in [0.2, 0.25) is 0 Å². The summed E-state index contributed by atoms with van der Waals surface area (Å²) in [5.74, 6) is 0.370. The fourth-order valence-electron chi connectivity index (χ4n) is 3.00. The number of carbonyl (C=O) groups excluding carboxylic acids is 2. The molecule has 0 saturated heterocycles. The molecule has 0 aliphatic rings. The molecule has 1 atom stereocenters. The first-order chi connectivity index (χ1) is 14.8. The van der Waals surface area contributed by atoms with Crippen LogP contribution >= 0.6 is 0 Å². The molecule has 0 aliphatic carbocycles. The SMILES string of the molecule is CC(C)(C)OC(=O)n1ccnc1C(Cc1ccccc1)NC(=O)OCc1ccccc1. The lowest BCUT2D eigenvalue weighted by molar-refractivity contribution is 0.0527. The molecule has 1 aromatic heterocycles. The van der Waals surface area contributed by atoms with Gasteiger partial charge in [-0.2, -0.15) is 0 Å². The van der Waals surface area contributed by atoms with E-state index in [1.54, 1.807) is 20.8 Å². The van der Waals surface area contributed by atoms with E-state index < -0.39 is 23.8 Å². The highest BCUT2D eigenvalue weighted by atomic mass is 16.6. The molecule has 1 N–H and O–H groups in total. The third-order valence-corrected chi connectivity index (χ3v) is 4.36. The van der Waals surface area contributed by atoms with Crippen LogP contribution in [0.25, 0.3) is 0 Å². The number of rotatable bonds is 6. The van der Waals surface area contributed by atoms with Gasteiger partial charge in [-0.25, -0.2) is 19.1 Å². The van der Waals surface area contributed by atoms with Crippen molar-refractivity contribution in [1.29, 1.82) is 0 Å². The van der Waals surface area contributed by atoms with Gasteiger partial charge in [-0.3, -0.25) is 0 Å². The van der Waals surface area contributed by atoms with Crippen LogP contribution in [-0.2, 0) is 22.5 Å². The predicted molar refractivity (Wildman–Crippen MR) is 117 cm³/mol. The van der Waals surface area contributed by atoms with E-state index in [9.17, 15) is 9.59 Å². The Bertz CT molecular complexity index is 994. The van der Waals surface area contributed by atoms with Gasteiger partial charge < -0.3 is 14.8 Å². The van der Waals surface area contributed by atoms with Crippen molar-refractivity contribution in [3.63, 3.8) is 0 Å². The third-order valence-electron chi connectivity index (χ3n) is 4.36. The number of nitrogens with one attached hydrogen (secondary N) is 1. The van der Waals surface area contributed by atoms with E-state index in [-0.39, 0.29) is 6.61 Å². The number of benzene rings is 2. The molecule has 0 radical (unpaired) electrons. The minimum absolute atomic E-state index is 0.144. The van der Waals surface area contributed by atoms with E-state index in [4.69, 9.17) is 9.47 Å². The number of amides is 1. The van der Waals surface area contributed by atoms with E-state index >= 15 is 0 Å². The molecule has 162 valence electrons. The molecule has 0 spiro atoms. The predicted octanol–water partition coefficient (Wildman–Crippen LogP) is 4.88. The molecule has 0 saturated carbocycles. The highest BCUT2D eigenvalue weighted by molar-refractivity contribution is 5.72. The van der Waals surface area contributed by atoms with E-state index in [1.165, 1.54) is 17.0 Å². The molecule has 2 aromatic carbocycles. The summed E-state index contributed by atoms with van der Waals surface area (Å²) < 4.78 is 12.2. The number of nitrogens with zero attached hydrogens (tertiary/aromatic N) is 2. The van der Waals surface area contributed by atoms with E-state index in [1.807, 2.05) is 60.7 Å². The number of ether oxygens (including phenoxy) is 2. The van der Waals surface area contributed by atoms with Gasteiger partial charge in [0.25, 0.3) is 0 Å². The van der Waals surface area contributed by atoms with Gasteiger partial charge in [-0.05, 0) is 31.9 Å². The zero-order valence-corrected chi connectivity index (χ0v) is 17.9. The van der Waals surface area contributed by atoms with Crippen molar-refractivity contribution in [2.24, 2.45) is 0 Å². The standard InChI is InChI=1S/C24H27N3O4/c1-24(2,3)31-23(29)27-15-14-25-21(27)20(16-18-10-6-4-7-11-18)26-22(28)30-17-19-12-8-5-9-13-19/h4-15,20H,16-17H2,1-3H3,(H,26,28). The van der Waals surface area contributed by atoms with Crippen LogP contribution in [0.4, 0.5) is 9.59 Å². The van der Waals surface area contributed by atoms with Crippen LogP contribution in [0, 0.1) is 0 Å². The molecular weight excluding hydrogens is 394 g/mol. The van der Waals surface area contributed by atoms with E-state index in [0.717, 1.165) is 11.1 Å². The summed E-state index contributed by atoms with van der Waals surface area (Å²) in [5.41, 5.74) is 1.21. The Kier molecular flexibility index (Phi) is 7.07. The maximum absolute atomic E-state index is 12.7. The molecular formula is C24H27N3O4. The average Bonchev–Trinajstić information content (AvgIpc) is 3.22. The summed E-state index contributed by atoms with van der Waals surface area (Å²) in [4.78, 5) is 29.5. The number of imidazole rings is 1. The van der Waals surface area contributed by atoms with Gasteiger partial charge in [0, 0.05) is 18.8 Å². The minimum atomic E-state index is -0.657. The van der Waals surface area contributed by atoms with Crippen LogP contribution in [0.5, 0.6) is 0 Å². The lowest BCUT2D eigenvalue weighted by Gasteiger charge is -2.22. The van der Waals surface area contributed by atoms with Gasteiger partial charge >= 0.3 is 12.2 Å². The second-order valence-electron chi connectivity index (χ2n) is 8.08. The molecule has 3 rings (SSSR count). The first kappa shape index (κ1) is 22.1. The quantitative estimate of drug-likeness (QED) is 0.614. The highest BCUT2D eigenvalue weighted by Crippen LogP contribution is 2.19. The Labute approximate surface area is 182 Å². The van der Waals surface area contributed by atoms with Crippen LogP contribution in [0.15, 0.2) is 73.1 Å². The molecule has 0 bridgehead atoms. The Morgan fingerprint density at radius 1 is 1.00 bits per heavy atom. The molecule has 1 amide bonds. The maximum atomic E-state index is 12.7. The summed E-state index contributed by atoms with van der Waals surface area (Å²) in [7, 11) is 0. The monoisotopic (exact) mass is 421 g/mol. The van der Waals surface area contributed by atoms with Crippen molar-refractivity contribution in [3.05, 3.63) is 90.0 Å². The molecule has 7 heteroatoms. The van der Waals surface area contributed by atoms with Crippen molar-refractivity contribution in [2.45, 2.75) is 45.4 Å². The smallest absolute Gasteiger partial charge is 0.420 e. The van der Waals surface area contributed by atoms with Crippen molar-refractivity contribution >= 4 is 12.2 Å². The van der Waals surface area contributed by atoms with Crippen LogP contribution in [0.3, 0.4) is 0 Å². The molecule has 3 aromatic rings. The maximum Gasteiger partial charge on any atom is 0.420 e. The fraction of sp³-hybridized carbons (Fsp3) is 0.292. The van der Waals surface area contributed by atoms with Crippen LogP contribution in [0.1, 0.15) is 43.8 Å². The van der Waals surface area contributed by atoms with Crippen LogP contribution in [-0.4, -0.2) is 27.3 Å². The number of hydrogen-bond acceptors (Lipinski definition) is 5. The summed E-state index contributed by atoms with van der Waals surface area (Å²) in [6, 6.07) is 18.5. The summed E-state index contributed by atoms with van der Waals surface area (Å²) >= 11 is 0. The lowest BCUT2D eigenvalue weighted by Crippen LogP contribution is -2.35. The third kappa shape index (κ3) is 6.70. The summed E-state index contributed by atoms with van der Waals surface area (Å²) in [6.45, 7) is 5.53. The van der Waals surface area contributed by atoms with Gasteiger partial charge in [0.2, 0.25) is 0 Å². The average molecular weight is 421 g/mol. The van der Waals surface area contributed by atoms with Crippen molar-refractivity contribution in [1.82, 2.24) is 14.9 Å². The highest BCUT2D eigenvalue weighted by Gasteiger charge is 2.26. The van der Waals surface area contributed by atoms with Gasteiger partial charge in [-0.1, -0.05) is 60.7 Å². The first-order valence-electron chi connectivity index (χ1n) is 10.1. The molecule has 0 aliphatic heterocycles. The normalized spacial score (nSPS) is 12.1. The topological polar surface area (TPSA) is 82.5 Å².